The number of nitrogens with zero attached hydrogens (tertiary/aromatic N) is 3. The summed E-state index contributed by atoms with van der Waals surface area (Å²) in [7, 11) is 1.70. The fourth-order valence-corrected chi connectivity index (χ4v) is 5.52. The summed E-state index contributed by atoms with van der Waals surface area (Å²) in [4.78, 5) is 20.2. The van der Waals surface area contributed by atoms with Crippen LogP contribution in [-0.2, 0) is 17.7 Å². The van der Waals surface area contributed by atoms with E-state index in [1.165, 1.54) is 5.52 Å². The Morgan fingerprint density at radius 1 is 1.33 bits per heavy atom. The topological polar surface area (TPSA) is 126 Å². The van der Waals surface area contributed by atoms with E-state index < -0.39 is 0 Å². The zero-order chi connectivity index (χ0) is 24.5. The molecule has 194 valence electrons. The highest BCUT2D eigenvalue weighted by atomic mass is 35.5. The lowest BCUT2D eigenvalue weighted by Gasteiger charge is -2.38. The fraction of sp³-hybridized carbons (Fsp3) is 0.462. The number of amides is 1. The summed E-state index contributed by atoms with van der Waals surface area (Å²) in [6.45, 7) is 6.11. The SMILES string of the molecule is CO[C@H]1CN(CCCn2c(C)nc3ccccc32)CC[C@H]1NC(=O)c1cc(Cl)c(N)c2c1OCC2.O. The number of imidazole rings is 1. The Balaban J connectivity index is 0.00000304. The summed E-state index contributed by atoms with van der Waals surface area (Å²) < 4.78 is 13.8. The van der Waals surface area contributed by atoms with Crippen LogP contribution in [0.1, 0.15) is 34.6 Å². The first-order valence-electron chi connectivity index (χ1n) is 12.2. The minimum atomic E-state index is -0.201. The van der Waals surface area contributed by atoms with Gasteiger partial charge in [0.1, 0.15) is 11.6 Å². The van der Waals surface area contributed by atoms with Gasteiger partial charge in [-0.3, -0.25) is 4.79 Å². The number of para-hydroxylation sites is 2. The molecule has 1 fully saturated rings. The Hall–Kier alpha value is -2.85. The van der Waals surface area contributed by atoms with Crippen LogP contribution in [0.4, 0.5) is 5.69 Å². The van der Waals surface area contributed by atoms with E-state index >= 15 is 0 Å². The van der Waals surface area contributed by atoms with Gasteiger partial charge in [0.15, 0.2) is 0 Å². The molecule has 5 N–H and O–H groups in total. The van der Waals surface area contributed by atoms with Crippen LogP contribution in [0.5, 0.6) is 5.75 Å². The van der Waals surface area contributed by atoms with Gasteiger partial charge in [0, 0.05) is 38.7 Å². The Morgan fingerprint density at radius 2 is 2.14 bits per heavy atom. The van der Waals surface area contributed by atoms with E-state index in [0.29, 0.717) is 35.1 Å². The van der Waals surface area contributed by atoms with E-state index in [2.05, 4.69) is 44.9 Å². The van der Waals surface area contributed by atoms with Crippen LogP contribution in [0.15, 0.2) is 30.3 Å². The summed E-state index contributed by atoms with van der Waals surface area (Å²) >= 11 is 6.29. The zero-order valence-corrected chi connectivity index (χ0v) is 21.5. The van der Waals surface area contributed by atoms with E-state index in [1.807, 2.05) is 6.07 Å². The van der Waals surface area contributed by atoms with Crippen molar-refractivity contribution < 1.29 is 19.7 Å². The van der Waals surface area contributed by atoms with Crippen LogP contribution in [0, 0.1) is 6.92 Å². The number of fused-ring (bicyclic) bond motifs is 2. The zero-order valence-electron chi connectivity index (χ0n) is 20.7. The number of aromatic nitrogens is 2. The van der Waals surface area contributed by atoms with E-state index in [1.54, 1.807) is 13.2 Å². The molecule has 2 atom stereocenters. The third-order valence-electron chi connectivity index (χ3n) is 7.18. The second kappa shape index (κ2) is 11.0. The molecule has 0 radical (unpaired) electrons. The monoisotopic (exact) mass is 515 g/mol. The van der Waals surface area contributed by atoms with Crippen LogP contribution in [0.25, 0.3) is 11.0 Å². The van der Waals surface area contributed by atoms with Crippen molar-refractivity contribution in [3.63, 3.8) is 0 Å². The number of methoxy groups -OCH3 is 1. The van der Waals surface area contributed by atoms with Gasteiger partial charge >= 0.3 is 0 Å². The predicted molar refractivity (Wildman–Crippen MR) is 141 cm³/mol. The van der Waals surface area contributed by atoms with Crippen molar-refractivity contribution in [2.75, 3.05) is 39.1 Å². The van der Waals surface area contributed by atoms with E-state index in [0.717, 1.165) is 55.9 Å². The van der Waals surface area contributed by atoms with Gasteiger partial charge < -0.3 is 35.5 Å². The average molecular weight is 516 g/mol. The molecule has 2 aliphatic heterocycles. The first-order valence-corrected chi connectivity index (χ1v) is 12.6. The highest BCUT2D eigenvalue weighted by Gasteiger charge is 2.32. The van der Waals surface area contributed by atoms with Crippen molar-refractivity contribution in [2.24, 2.45) is 0 Å². The molecular weight excluding hydrogens is 482 g/mol. The van der Waals surface area contributed by atoms with Crippen molar-refractivity contribution in [3.8, 4) is 5.75 Å². The quantitative estimate of drug-likeness (QED) is 0.466. The highest BCUT2D eigenvalue weighted by Crippen LogP contribution is 2.38. The first-order chi connectivity index (χ1) is 17.0. The molecule has 1 aromatic heterocycles. The van der Waals surface area contributed by atoms with Gasteiger partial charge in [0.2, 0.25) is 0 Å². The van der Waals surface area contributed by atoms with Crippen LogP contribution in [-0.4, -0.2) is 71.3 Å². The normalized spacial score (nSPS) is 19.5. The Labute approximate surface area is 215 Å². The van der Waals surface area contributed by atoms with E-state index in [9.17, 15) is 4.79 Å². The summed E-state index contributed by atoms with van der Waals surface area (Å²) in [6, 6.07) is 9.78. The number of halogens is 1. The van der Waals surface area contributed by atoms with Crippen LogP contribution >= 0.6 is 11.6 Å². The summed E-state index contributed by atoms with van der Waals surface area (Å²) in [5, 5.41) is 3.54. The maximum absolute atomic E-state index is 13.2. The molecule has 2 aliphatic rings. The van der Waals surface area contributed by atoms with Crippen molar-refractivity contribution in [2.45, 2.75) is 44.9 Å². The molecule has 10 heteroatoms. The van der Waals surface area contributed by atoms with Gasteiger partial charge in [-0.05, 0) is 44.5 Å². The predicted octanol–water partition coefficient (Wildman–Crippen LogP) is 2.60. The van der Waals surface area contributed by atoms with E-state index in [-0.39, 0.29) is 23.5 Å². The number of piperidine rings is 1. The number of carbonyl (C=O) groups excluding carboxylic acids is 1. The summed E-state index contributed by atoms with van der Waals surface area (Å²) in [5.74, 6) is 1.40. The highest BCUT2D eigenvalue weighted by molar-refractivity contribution is 6.33. The van der Waals surface area contributed by atoms with E-state index in [4.69, 9.17) is 26.8 Å². The molecule has 1 amide bonds. The molecule has 0 spiro atoms. The second-order valence-corrected chi connectivity index (χ2v) is 9.73. The minimum absolute atomic E-state index is 0. The van der Waals surface area contributed by atoms with Gasteiger partial charge in [-0.25, -0.2) is 4.98 Å². The van der Waals surface area contributed by atoms with Gasteiger partial charge in [-0.2, -0.15) is 0 Å². The number of likely N-dealkylation sites (tertiary alicyclic amines) is 1. The number of nitrogens with two attached hydrogens (primary N) is 1. The lowest BCUT2D eigenvalue weighted by Crippen LogP contribution is -2.55. The van der Waals surface area contributed by atoms with Gasteiger partial charge in [0.25, 0.3) is 5.91 Å². The smallest absolute Gasteiger partial charge is 0.255 e. The standard InChI is InChI=1S/C26H32ClN5O3.H2O/c1-16-29-20-6-3-4-7-22(20)32(16)11-5-10-31-12-8-21(23(15-31)34-2)30-26(33)18-14-19(27)24(28)17-9-13-35-25(17)18;/h3-4,6-7,14,21,23H,5,8-13,15,28H2,1-2H3,(H,30,33);1H2/t21-,23+;/m1./s1. The number of benzene rings is 2. The molecule has 3 aromatic rings. The molecule has 0 aliphatic carbocycles. The number of nitrogens with one attached hydrogen (secondary N) is 1. The molecule has 36 heavy (non-hydrogen) atoms. The third-order valence-corrected chi connectivity index (χ3v) is 7.49. The molecule has 9 nitrogen and oxygen atoms in total. The lowest BCUT2D eigenvalue weighted by atomic mass is 10.00. The number of hydrogen-bond acceptors (Lipinski definition) is 6. The van der Waals surface area contributed by atoms with Crippen molar-refractivity contribution in [1.29, 1.82) is 0 Å². The maximum atomic E-state index is 13.2. The molecule has 3 heterocycles. The number of carbonyl (C=O) groups is 1. The Kier molecular flexibility index (Phi) is 8.04. The van der Waals surface area contributed by atoms with Crippen molar-refractivity contribution in [3.05, 3.63) is 52.3 Å². The largest absolute Gasteiger partial charge is 0.492 e. The van der Waals surface area contributed by atoms with Gasteiger partial charge in [-0.15, -0.1) is 0 Å². The summed E-state index contributed by atoms with van der Waals surface area (Å²) in [6.07, 6.45) is 2.39. The second-order valence-electron chi connectivity index (χ2n) is 9.32. The molecule has 1 saturated heterocycles. The minimum Gasteiger partial charge on any atom is -0.492 e. The summed E-state index contributed by atoms with van der Waals surface area (Å²) in [5.41, 5.74) is 10.1. The Bertz CT molecular complexity index is 1250. The van der Waals surface area contributed by atoms with Gasteiger partial charge in [0.05, 0.1) is 46.1 Å². The molecule has 2 aromatic carbocycles. The third kappa shape index (κ3) is 5.01. The van der Waals surface area contributed by atoms with Gasteiger partial charge in [-0.1, -0.05) is 23.7 Å². The van der Waals surface area contributed by atoms with Crippen molar-refractivity contribution >= 4 is 34.2 Å². The molecule has 0 unspecified atom stereocenters. The first kappa shape index (κ1) is 26.2. The van der Waals surface area contributed by atoms with Crippen LogP contribution in [0.3, 0.4) is 0 Å². The van der Waals surface area contributed by atoms with Crippen LogP contribution in [0.2, 0.25) is 5.02 Å². The number of rotatable bonds is 7. The van der Waals surface area contributed by atoms with Crippen LogP contribution < -0.4 is 15.8 Å². The average Bonchev–Trinajstić information content (AvgIpc) is 3.47. The lowest BCUT2D eigenvalue weighted by molar-refractivity contribution is 0.00586. The number of anilines is 1. The van der Waals surface area contributed by atoms with Crippen molar-refractivity contribution in [1.82, 2.24) is 19.8 Å². The molecule has 0 saturated carbocycles. The molecular formula is C26H34ClN5O4. The molecule has 0 bridgehead atoms. The maximum Gasteiger partial charge on any atom is 0.255 e. The number of hydrogen-bond donors (Lipinski definition) is 2. The molecule has 5 rings (SSSR count). The Morgan fingerprint density at radius 3 is 2.94 bits per heavy atom. The number of nitrogen functional groups attached to an aromatic ring is 1. The number of ether oxygens (including phenoxy) is 2. The number of aryl methyl sites for hydroxylation is 2. The fourth-order valence-electron chi connectivity index (χ4n) is 5.30.